The summed E-state index contributed by atoms with van der Waals surface area (Å²) in [5.74, 6) is -0.792. The van der Waals surface area contributed by atoms with Gasteiger partial charge in [-0.3, -0.25) is 0 Å². The first-order valence-electron chi connectivity index (χ1n) is 4.34. The highest BCUT2D eigenvalue weighted by Gasteiger charge is 1.94. The van der Waals surface area contributed by atoms with Gasteiger partial charge in [0.2, 0.25) is 0 Å². The minimum atomic E-state index is -0.562. The van der Waals surface area contributed by atoms with Crippen molar-refractivity contribution in [1.82, 2.24) is 0 Å². The Labute approximate surface area is 59.3 Å². The van der Waals surface area contributed by atoms with E-state index in [0.717, 1.165) is 0 Å². The number of methoxy groups -OCH3 is 1. The number of benzene rings is 1. The largest absolute Gasteiger partial charge is 0.504 e. The van der Waals surface area contributed by atoms with Gasteiger partial charge in [-0.2, -0.15) is 0 Å². The molecule has 1 aromatic carbocycles. The molecule has 0 aliphatic heterocycles. The smallest absolute Gasteiger partial charge is 0.160 e. The first-order valence-corrected chi connectivity index (χ1v) is 2.34. The van der Waals surface area contributed by atoms with Crippen LogP contribution >= 0.6 is 0 Å². The van der Waals surface area contributed by atoms with Crippen LogP contribution in [0, 0.1) is 0 Å². The number of phenols is 1. The molecule has 1 N–H and O–H groups in total. The second kappa shape index (κ2) is 2.40. The Kier molecular flexibility index (Phi) is 0.693. The normalized spacial score (nSPS) is 15.2. The standard InChI is InChI=1S/C7H8O2/c1-9-7-5-3-2-4-6(7)8/h2-5,8H,1H3/i2D,3D,4D,5D. The molecule has 0 spiro atoms. The van der Waals surface area contributed by atoms with Gasteiger partial charge in [-0.25, -0.2) is 0 Å². The topological polar surface area (TPSA) is 29.5 Å². The Morgan fingerprint density at radius 3 is 2.89 bits per heavy atom. The Bertz CT molecular complexity index is 322. The highest BCUT2D eigenvalue weighted by molar-refractivity contribution is 5.37. The van der Waals surface area contributed by atoms with Crippen LogP contribution in [0.15, 0.2) is 24.2 Å². The summed E-state index contributed by atoms with van der Waals surface area (Å²) in [6.07, 6.45) is 0. The van der Waals surface area contributed by atoms with Gasteiger partial charge in [-0.1, -0.05) is 12.1 Å². The van der Waals surface area contributed by atoms with E-state index in [1.54, 1.807) is 0 Å². The summed E-state index contributed by atoms with van der Waals surface area (Å²) in [7, 11) is 1.23. The van der Waals surface area contributed by atoms with E-state index in [-0.39, 0.29) is 11.8 Å². The number of rotatable bonds is 1. The summed E-state index contributed by atoms with van der Waals surface area (Å²) in [6, 6.07) is -1.75. The number of para-hydroxylation sites is 2. The maximum absolute atomic E-state index is 9.25. The van der Waals surface area contributed by atoms with Crippen LogP contribution in [0.25, 0.3) is 0 Å². The zero-order valence-corrected chi connectivity index (χ0v) is 4.86. The summed E-state index contributed by atoms with van der Waals surface area (Å²) in [5, 5.41) is 9.25. The second-order valence-electron chi connectivity index (χ2n) is 1.38. The van der Waals surface area contributed by atoms with Crippen LogP contribution in [0.3, 0.4) is 0 Å². The highest BCUT2D eigenvalue weighted by Crippen LogP contribution is 2.22. The summed E-state index contributed by atoms with van der Waals surface area (Å²) >= 11 is 0. The Balaban J connectivity index is 3.56. The highest BCUT2D eigenvalue weighted by atomic mass is 16.5. The molecule has 0 unspecified atom stereocenters. The van der Waals surface area contributed by atoms with Crippen LogP contribution in [0.1, 0.15) is 5.48 Å². The molecular weight excluding hydrogens is 116 g/mol. The minimum absolute atomic E-state index is 0.231. The molecule has 2 heteroatoms. The lowest BCUT2D eigenvalue weighted by Crippen LogP contribution is -1.80. The molecule has 0 bridgehead atoms. The van der Waals surface area contributed by atoms with E-state index in [0.29, 0.717) is 0 Å². The van der Waals surface area contributed by atoms with E-state index in [9.17, 15) is 5.11 Å². The van der Waals surface area contributed by atoms with Crippen molar-refractivity contribution in [3.05, 3.63) is 24.2 Å². The van der Waals surface area contributed by atoms with E-state index < -0.39 is 23.9 Å². The third-order valence-corrected chi connectivity index (χ3v) is 0.839. The van der Waals surface area contributed by atoms with E-state index in [4.69, 9.17) is 5.48 Å². The number of phenolic OH excluding ortho intramolecular Hbond substituents is 1. The summed E-state index contributed by atoms with van der Waals surface area (Å²) in [5.41, 5.74) is 0. The SMILES string of the molecule is [2H]c1c([2H])c([2H])c(OC)c(O)c1[2H]. The van der Waals surface area contributed by atoms with Crippen molar-refractivity contribution in [2.24, 2.45) is 0 Å². The summed E-state index contributed by atoms with van der Waals surface area (Å²) in [4.78, 5) is 0. The molecule has 0 amide bonds. The molecule has 0 saturated carbocycles. The van der Waals surface area contributed by atoms with Gasteiger partial charge >= 0.3 is 0 Å². The lowest BCUT2D eigenvalue weighted by Gasteiger charge is -1.99. The quantitative estimate of drug-likeness (QED) is 0.619. The Morgan fingerprint density at radius 2 is 2.22 bits per heavy atom. The van der Waals surface area contributed by atoms with Crippen LogP contribution in [0.2, 0.25) is 0 Å². The number of ether oxygens (including phenoxy) is 1. The van der Waals surface area contributed by atoms with Gasteiger partial charge in [-0.15, -0.1) is 0 Å². The third-order valence-electron chi connectivity index (χ3n) is 0.839. The van der Waals surface area contributed by atoms with Gasteiger partial charge in [0.1, 0.15) is 0 Å². The van der Waals surface area contributed by atoms with Crippen molar-refractivity contribution < 1.29 is 15.3 Å². The van der Waals surface area contributed by atoms with E-state index in [1.165, 1.54) is 7.11 Å². The fourth-order valence-corrected chi connectivity index (χ4v) is 0.442. The number of aromatic hydroxyl groups is 1. The molecule has 9 heavy (non-hydrogen) atoms. The molecule has 1 aromatic rings. The zero-order valence-electron chi connectivity index (χ0n) is 8.86. The fourth-order valence-electron chi connectivity index (χ4n) is 0.442. The maximum atomic E-state index is 9.25. The molecule has 2 nitrogen and oxygen atoms in total. The zero-order chi connectivity index (χ0) is 10.2. The van der Waals surface area contributed by atoms with Crippen molar-refractivity contribution in [2.75, 3.05) is 7.11 Å². The van der Waals surface area contributed by atoms with E-state index >= 15 is 0 Å². The molecule has 0 radical (unpaired) electrons. The molecule has 0 saturated heterocycles. The summed E-state index contributed by atoms with van der Waals surface area (Å²) < 4.78 is 33.6. The molecular formula is C7H8O2. The molecule has 0 fully saturated rings. The predicted octanol–water partition coefficient (Wildman–Crippen LogP) is 1.40. The maximum Gasteiger partial charge on any atom is 0.160 e. The molecule has 0 heterocycles. The molecule has 0 aliphatic rings. The third kappa shape index (κ3) is 1.13. The molecule has 0 atom stereocenters. The van der Waals surface area contributed by atoms with Crippen molar-refractivity contribution in [3.8, 4) is 11.5 Å². The minimum Gasteiger partial charge on any atom is -0.504 e. The molecule has 0 aromatic heterocycles. The molecule has 48 valence electrons. The van der Waals surface area contributed by atoms with Crippen LogP contribution in [0.5, 0.6) is 11.5 Å². The number of hydrogen-bond donors (Lipinski definition) is 1. The van der Waals surface area contributed by atoms with Gasteiger partial charge in [0.25, 0.3) is 0 Å². The van der Waals surface area contributed by atoms with Crippen molar-refractivity contribution in [1.29, 1.82) is 0 Å². The van der Waals surface area contributed by atoms with Crippen LogP contribution < -0.4 is 4.74 Å². The van der Waals surface area contributed by atoms with Crippen LogP contribution in [-0.4, -0.2) is 12.2 Å². The predicted molar refractivity (Wildman–Crippen MR) is 34.7 cm³/mol. The molecule has 0 aliphatic carbocycles. The average molecular weight is 128 g/mol. The van der Waals surface area contributed by atoms with Crippen molar-refractivity contribution >= 4 is 0 Å². The Hall–Kier alpha value is -1.18. The Morgan fingerprint density at radius 1 is 1.56 bits per heavy atom. The van der Waals surface area contributed by atoms with Crippen LogP contribution in [-0.2, 0) is 0 Å². The lowest BCUT2D eigenvalue weighted by molar-refractivity contribution is 0.373. The van der Waals surface area contributed by atoms with Crippen molar-refractivity contribution in [2.45, 2.75) is 0 Å². The fraction of sp³-hybridized carbons (Fsp3) is 0.143. The van der Waals surface area contributed by atoms with Gasteiger partial charge in [0.15, 0.2) is 11.5 Å². The summed E-state index contributed by atoms with van der Waals surface area (Å²) in [6.45, 7) is 0. The van der Waals surface area contributed by atoms with E-state index in [2.05, 4.69) is 4.74 Å². The van der Waals surface area contributed by atoms with Gasteiger partial charge in [0.05, 0.1) is 12.6 Å². The van der Waals surface area contributed by atoms with Gasteiger partial charge < -0.3 is 9.84 Å². The first kappa shape index (κ1) is 2.60. The van der Waals surface area contributed by atoms with E-state index in [1.807, 2.05) is 0 Å². The van der Waals surface area contributed by atoms with Gasteiger partial charge in [0, 0.05) is 0 Å². The molecule has 1 rings (SSSR count). The number of hydrogen-bond acceptors (Lipinski definition) is 2. The van der Waals surface area contributed by atoms with Gasteiger partial charge in [-0.05, 0) is 12.1 Å². The van der Waals surface area contributed by atoms with Crippen molar-refractivity contribution in [3.63, 3.8) is 0 Å². The van der Waals surface area contributed by atoms with Crippen LogP contribution in [0.4, 0.5) is 0 Å². The first-order chi connectivity index (χ1) is 6.00. The average Bonchev–Trinajstić information content (AvgIpc) is 2.13. The second-order valence-corrected chi connectivity index (χ2v) is 1.38. The lowest BCUT2D eigenvalue weighted by atomic mass is 10.3. The monoisotopic (exact) mass is 128 g/mol.